The van der Waals surface area contributed by atoms with E-state index >= 15 is 0 Å². The molecular weight excluding hydrogens is 1050 g/mol. The normalized spacial score (nSPS) is 12.9. The summed E-state index contributed by atoms with van der Waals surface area (Å²) in [5.41, 5.74) is 1.92. The second kappa shape index (κ2) is 25.1. The molecule has 0 spiro atoms. The average Bonchev–Trinajstić information content (AvgIpc) is 3.31. The maximum atomic E-state index is 14.1. The van der Waals surface area contributed by atoms with E-state index in [2.05, 4.69) is 21.3 Å². The number of hydrogen-bond acceptors (Lipinski definition) is 10. The van der Waals surface area contributed by atoms with E-state index in [9.17, 15) is 50.6 Å². The summed E-state index contributed by atoms with van der Waals surface area (Å²) in [4.78, 5) is 49.5. The van der Waals surface area contributed by atoms with Crippen molar-refractivity contribution in [2.45, 2.75) is 24.9 Å². The molecule has 6 N–H and O–H groups in total. The minimum absolute atomic E-state index is 0. The summed E-state index contributed by atoms with van der Waals surface area (Å²) in [7, 11) is 1.13. The standard InChI is InChI=1S/C25H19Cl2F3N2O4.C24H17Cl2F3N2O4.Li.H2O/c1-35-25(34)19(32-24(33)21-17(29)3-2-4-18(21)30)9-12-5-6-14(22-23(12)36-8-7-31-22)20-15(26)10-13(28)11-16(20)27;25-14-9-12(27)10-15(26)19(14)13-5-4-11(22-21(13)30-6-7-35-22)8-18(24(33)34)31-23(32)20-16(28)2-1-3-17(20)29;;/h2-6,10-11,19,31H,7-9H2,1H3,(H,32,33);1-5,9-10,18,30H,6-8H2,(H,31,32)(H,33,34);;1H2/q;;+1;/p-1/t19-;18-;;/m00../s1. The number of esters is 1. The fourth-order valence-electron chi connectivity index (χ4n) is 7.79. The Balaban J connectivity index is 0.000000264. The van der Waals surface area contributed by atoms with Crippen molar-refractivity contribution in [3.63, 3.8) is 0 Å². The number of benzene rings is 6. The molecule has 2 amide bonds. The van der Waals surface area contributed by atoms with Crippen LogP contribution < -0.4 is 49.6 Å². The van der Waals surface area contributed by atoms with Crippen LogP contribution >= 0.6 is 46.4 Å². The number of halogens is 10. The van der Waals surface area contributed by atoms with Gasteiger partial charge in [0.1, 0.15) is 82.8 Å². The molecule has 0 bridgehead atoms. The summed E-state index contributed by atoms with van der Waals surface area (Å²) in [6.07, 6.45) is -0.379. The Morgan fingerprint density at radius 3 is 1.33 bits per heavy atom. The van der Waals surface area contributed by atoms with Gasteiger partial charge in [-0.2, -0.15) is 0 Å². The molecule has 0 aliphatic carbocycles. The van der Waals surface area contributed by atoms with Crippen molar-refractivity contribution in [1.29, 1.82) is 0 Å². The van der Waals surface area contributed by atoms with E-state index in [0.717, 1.165) is 67.8 Å². The number of anilines is 2. The second-order valence-corrected chi connectivity index (χ2v) is 17.1. The Morgan fingerprint density at radius 1 is 0.616 bits per heavy atom. The van der Waals surface area contributed by atoms with Crippen molar-refractivity contribution in [1.82, 2.24) is 10.6 Å². The molecular formula is C49H37Cl4F6LiN4O9. The summed E-state index contributed by atoms with van der Waals surface area (Å²) in [6.45, 7) is 1.43. The van der Waals surface area contributed by atoms with E-state index < -0.39 is 81.9 Å². The monoisotopic (exact) mass is 1090 g/mol. The summed E-state index contributed by atoms with van der Waals surface area (Å²) in [5.74, 6) is -9.49. The Hall–Kier alpha value is -6.30. The van der Waals surface area contributed by atoms with Crippen LogP contribution in [0.4, 0.5) is 37.7 Å². The molecule has 73 heavy (non-hydrogen) atoms. The maximum Gasteiger partial charge on any atom is 1.00 e. The van der Waals surface area contributed by atoms with Gasteiger partial charge in [-0.25, -0.2) is 35.9 Å². The van der Waals surface area contributed by atoms with Crippen molar-refractivity contribution in [2.75, 3.05) is 44.0 Å². The average molecular weight is 1090 g/mol. The molecule has 13 nitrogen and oxygen atoms in total. The number of hydrogen-bond donors (Lipinski definition) is 5. The van der Waals surface area contributed by atoms with Gasteiger partial charge in [-0.15, -0.1) is 0 Å². The minimum Gasteiger partial charge on any atom is -0.870 e. The van der Waals surface area contributed by atoms with Crippen LogP contribution in [0.15, 0.2) is 84.9 Å². The molecule has 0 saturated heterocycles. The Labute approximate surface area is 443 Å². The van der Waals surface area contributed by atoms with Crippen LogP contribution in [0, 0.1) is 34.9 Å². The van der Waals surface area contributed by atoms with Gasteiger partial charge in [0.2, 0.25) is 0 Å². The van der Waals surface area contributed by atoms with Gasteiger partial charge in [0.15, 0.2) is 0 Å². The topological polar surface area (TPSA) is 194 Å². The number of ether oxygens (including phenoxy) is 3. The SMILES string of the molecule is COC(=O)[C@H](Cc1ccc(-c2c(Cl)cc(F)cc2Cl)c2c1OCCN2)NC(=O)c1c(F)cccc1F.O=C(N[C@@H](Cc1ccc(-c2c(Cl)cc(F)cc2Cl)c2c1OCCN2)C(=O)O)c1c(F)cccc1F.[Li+].[OH-]. The van der Waals surface area contributed by atoms with E-state index in [1.54, 1.807) is 24.3 Å². The zero-order valence-electron chi connectivity index (χ0n) is 38.0. The third-order valence-electron chi connectivity index (χ3n) is 11.0. The Kier molecular flexibility index (Phi) is 19.8. The van der Waals surface area contributed by atoms with Gasteiger partial charge in [-0.3, -0.25) is 9.59 Å². The number of amides is 2. The first kappa shape index (κ1) is 57.6. The van der Waals surface area contributed by atoms with Crippen molar-refractivity contribution >= 4 is 81.5 Å². The van der Waals surface area contributed by atoms with E-state index in [-0.39, 0.29) is 63.9 Å². The van der Waals surface area contributed by atoms with Crippen molar-refractivity contribution in [3.05, 3.63) is 162 Å². The number of carboxylic acid groups (broad SMARTS) is 1. The summed E-state index contributed by atoms with van der Waals surface area (Å²) in [5, 5.41) is 20.8. The Morgan fingerprint density at radius 2 is 0.973 bits per heavy atom. The molecule has 6 aromatic rings. The van der Waals surface area contributed by atoms with Gasteiger partial charge in [0, 0.05) is 48.2 Å². The fraction of sp³-hybridized carbons (Fsp3) is 0.184. The van der Waals surface area contributed by atoms with Crippen LogP contribution in [-0.4, -0.2) is 79.8 Å². The smallest absolute Gasteiger partial charge is 0.870 e. The third-order valence-corrected chi connectivity index (χ3v) is 12.1. The molecule has 6 aromatic carbocycles. The van der Waals surface area contributed by atoms with Gasteiger partial charge in [0.05, 0.1) is 38.6 Å². The molecule has 0 unspecified atom stereocenters. The molecule has 0 fully saturated rings. The molecule has 2 atom stereocenters. The molecule has 24 heteroatoms. The molecule has 0 radical (unpaired) electrons. The number of carbonyl (C=O) groups is 4. The first-order valence-corrected chi connectivity index (χ1v) is 22.5. The van der Waals surface area contributed by atoms with Crippen LogP contribution in [-0.2, 0) is 27.2 Å². The zero-order chi connectivity index (χ0) is 51.3. The van der Waals surface area contributed by atoms with Gasteiger partial charge in [-0.1, -0.05) is 82.8 Å². The molecule has 8 rings (SSSR count). The number of carboxylic acids is 1. The van der Waals surface area contributed by atoms with Crippen molar-refractivity contribution < 1.29 is 89.2 Å². The Bertz CT molecular complexity index is 3020. The van der Waals surface area contributed by atoms with Crippen molar-refractivity contribution in [2.24, 2.45) is 0 Å². The molecule has 378 valence electrons. The van der Waals surface area contributed by atoms with Crippen molar-refractivity contribution in [3.8, 4) is 33.8 Å². The van der Waals surface area contributed by atoms with E-state index in [4.69, 9.17) is 60.6 Å². The number of carbonyl (C=O) groups excluding carboxylic acids is 3. The van der Waals surface area contributed by atoms with Crippen LogP contribution in [0.3, 0.4) is 0 Å². The molecule has 0 saturated carbocycles. The quantitative estimate of drug-likeness (QED) is 0.0462. The first-order chi connectivity index (χ1) is 33.9. The summed E-state index contributed by atoms with van der Waals surface area (Å²) >= 11 is 25.0. The summed E-state index contributed by atoms with van der Waals surface area (Å²) in [6, 6.07) is 14.0. The maximum absolute atomic E-state index is 14.1. The molecule has 2 aliphatic heterocycles. The predicted octanol–water partition coefficient (Wildman–Crippen LogP) is 7.53. The summed E-state index contributed by atoms with van der Waals surface area (Å²) < 4.78 is 100.0. The number of rotatable bonds is 12. The van der Waals surface area contributed by atoms with E-state index in [1.807, 2.05) is 0 Å². The number of fused-ring (bicyclic) bond motifs is 2. The van der Waals surface area contributed by atoms with Crippen LogP contribution in [0.5, 0.6) is 11.5 Å². The van der Waals surface area contributed by atoms with Crippen LogP contribution in [0.1, 0.15) is 31.8 Å². The fourth-order valence-corrected chi connectivity index (χ4v) is 9.12. The zero-order valence-corrected chi connectivity index (χ0v) is 41.0. The second-order valence-electron chi connectivity index (χ2n) is 15.5. The van der Waals surface area contributed by atoms with Crippen LogP contribution in [0.2, 0.25) is 20.1 Å². The van der Waals surface area contributed by atoms with Gasteiger partial charge in [0.25, 0.3) is 11.8 Å². The number of aliphatic carboxylic acids is 1. The number of nitrogens with one attached hydrogen (secondary N) is 4. The largest absolute Gasteiger partial charge is 1.00 e. The minimum atomic E-state index is -1.53. The van der Waals surface area contributed by atoms with E-state index in [0.29, 0.717) is 76.0 Å². The first-order valence-electron chi connectivity index (χ1n) is 21.0. The van der Waals surface area contributed by atoms with Crippen LogP contribution in [0.25, 0.3) is 22.3 Å². The van der Waals surface area contributed by atoms with E-state index in [1.165, 1.54) is 0 Å². The molecule has 2 heterocycles. The molecule has 2 aliphatic rings. The molecule has 0 aromatic heterocycles. The third kappa shape index (κ3) is 12.9. The van der Waals surface area contributed by atoms with Gasteiger partial charge < -0.3 is 46.1 Å². The predicted molar refractivity (Wildman–Crippen MR) is 256 cm³/mol. The van der Waals surface area contributed by atoms with Gasteiger partial charge in [-0.05, 0) is 59.7 Å². The van der Waals surface area contributed by atoms with Gasteiger partial charge >= 0.3 is 30.8 Å². The number of methoxy groups -OCH3 is 1.